The SMILES string of the molecule is CC(C)(O)[C@H]1C(=O)N2C(C(=O)OCc3ccc([N+](=O)[O-])cc3)=C(CSCCNC(=O)OCc3ccc([N+](=O)[O-])cc3)C[C@H]12. The Labute approximate surface area is 250 Å². The topological polar surface area (TPSA) is 191 Å². The standard InChI is InChI=1S/C28H30N4O10S/c1-28(2,36)23-22-13-19(16-43-12-11-29-27(35)42-15-18-5-9-21(10-6-18)32(39)40)24(30(22)25(23)33)26(34)41-14-17-3-7-20(8-4-17)31(37)38/h3-10,22-23,36H,11-16H2,1-2H3,(H,29,35)/t22-,23-/m1/s1. The van der Waals surface area contributed by atoms with Crippen LogP contribution in [-0.2, 0) is 32.3 Å². The van der Waals surface area contributed by atoms with Gasteiger partial charge in [0.15, 0.2) is 0 Å². The van der Waals surface area contributed by atoms with E-state index in [9.17, 15) is 39.7 Å². The number of nitrogens with one attached hydrogen (secondary N) is 1. The number of hydrogen-bond acceptors (Lipinski definition) is 11. The molecule has 0 unspecified atom stereocenters. The zero-order chi connectivity index (χ0) is 31.3. The predicted octanol–water partition coefficient (Wildman–Crippen LogP) is 3.46. The summed E-state index contributed by atoms with van der Waals surface area (Å²) in [5.41, 5.74) is 0.540. The quantitative estimate of drug-likeness (QED) is 0.110. The molecule has 0 spiro atoms. The van der Waals surface area contributed by atoms with E-state index >= 15 is 0 Å². The van der Waals surface area contributed by atoms with E-state index in [-0.39, 0.29) is 48.8 Å². The first-order valence-corrected chi connectivity index (χ1v) is 14.4. The number of non-ortho nitro benzene ring substituents is 2. The molecule has 1 fully saturated rings. The van der Waals surface area contributed by atoms with Gasteiger partial charge in [-0.15, -0.1) is 0 Å². The molecule has 2 atom stereocenters. The number of thioether (sulfide) groups is 1. The van der Waals surface area contributed by atoms with Gasteiger partial charge < -0.3 is 24.8 Å². The molecule has 2 aliphatic rings. The summed E-state index contributed by atoms with van der Waals surface area (Å²) in [6.45, 7) is 3.17. The highest BCUT2D eigenvalue weighted by Gasteiger charge is 2.59. The van der Waals surface area contributed by atoms with Crippen LogP contribution in [0.2, 0.25) is 0 Å². The van der Waals surface area contributed by atoms with Crippen molar-refractivity contribution in [3.8, 4) is 0 Å². The number of benzene rings is 2. The molecule has 2 aliphatic heterocycles. The molecule has 0 aromatic heterocycles. The summed E-state index contributed by atoms with van der Waals surface area (Å²) in [6, 6.07) is 10.9. The molecule has 0 radical (unpaired) electrons. The van der Waals surface area contributed by atoms with Gasteiger partial charge in [-0.05, 0) is 61.2 Å². The van der Waals surface area contributed by atoms with Crippen molar-refractivity contribution in [1.82, 2.24) is 10.2 Å². The second-order valence-corrected chi connectivity index (χ2v) is 11.6. The normalized spacial score (nSPS) is 17.7. The van der Waals surface area contributed by atoms with Crippen molar-refractivity contribution >= 4 is 41.1 Å². The minimum Gasteiger partial charge on any atom is -0.456 e. The lowest BCUT2D eigenvalue weighted by Gasteiger charge is -2.48. The van der Waals surface area contributed by atoms with Crippen LogP contribution in [0.1, 0.15) is 31.4 Å². The highest BCUT2D eigenvalue weighted by atomic mass is 32.2. The summed E-state index contributed by atoms with van der Waals surface area (Å²) in [4.78, 5) is 60.1. The Bertz CT molecular complexity index is 1440. The number of ether oxygens (including phenoxy) is 2. The Balaban J connectivity index is 1.30. The van der Waals surface area contributed by atoms with Crippen molar-refractivity contribution in [3.63, 3.8) is 0 Å². The number of esters is 1. The summed E-state index contributed by atoms with van der Waals surface area (Å²) in [6.07, 6.45) is -0.266. The first-order chi connectivity index (χ1) is 20.4. The summed E-state index contributed by atoms with van der Waals surface area (Å²) in [5.74, 6) is -0.890. The van der Waals surface area contributed by atoms with Gasteiger partial charge in [0, 0.05) is 42.3 Å². The van der Waals surface area contributed by atoms with Gasteiger partial charge in [-0.25, -0.2) is 9.59 Å². The lowest BCUT2D eigenvalue weighted by Crippen LogP contribution is -2.65. The Morgan fingerprint density at radius 3 is 2.05 bits per heavy atom. The molecule has 0 bridgehead atoms. The lowest BCUT2D eigenvalue weighted by molar-refractivity contribution is -0.385. The number of hydrogen-bond donors (Lipinski definition) is 2. The van der Waals surface area contributed by atoms with Crippen LogP contribution in [-0.4, -0.2) is 67.5 Å². The van der Waals surface area contributed by atoms with Crippen molar-refractivity contribution in [2.75, 3.05) is 18.1 Å². The third kappa shape index (κ3) is 7.48. The summed E-state index contributed by atoms with van der Waals surface area (Å²) in [5, 5.41) is 34.7. The highest BCUT2D eigenvalue weighted by molar-refractivity contribution is 7.99. The molecule has 0 saturated carbocycles. The molecule has 4 rings (SSSR count). The monoisotopic (exact) mass is 614 g/mol. The van der Waals surface area contributed by atoms with Gasteiger partial charge in [0.05, 0.1) is 27.4 Å². The maximum Gasteiger partial charge on any atom is 0.407 e. The number of carbonyl (C=O) groups is 3. The van der Waals surface area contributed by atoms with Crippen LogP contribution in [0, 0.1) is 26.1 Å². The van der Waals surface area contributed by atoms with Crippen molar-refractivity contribution in [2.24, 2.45) is 5.92 Å². The fourth-order valence-electron chi connectivity index (χ4n) is 4.96. The maximum atomic E-state index is 13.2. The summed E-state index contributed by atoms with van der Waals surface area (Å²) in [7, 11) is 0. The minimum absolute atomic E-state index is 0.0528. The van der Waals surface area contributed by atoms with Crippen LogP contribution in [0.25, 0.3) is 0 Å². The first kappa shape index (κ1) is 31.4. The Morgan fingerprint density at radius 2 is 1.53 bits per heavy atom. The Hall–Kier alpha value is -4.50. The molecule has 14 nitrogen and oxygen atoms in total. The number of alkyl carbamates (subject to hydrolysis) is 1. The second-order valence-electron chi connectivity index (χ2n) is 10.5. The smallest absolute Gasteiger partial charge is 0.407 e. The number of nitrogens with zero attached hydrogens (tertiary/aromatic N) is 3. The molecule has 2 N–H and O–H groups in total. The van der Waals surface area contributed by atoms with E-state index < -0.39 is 33.4 Å². The molecular weight excluding hydrogens is 584 g/mol. The van der Waals surface area contributed by atoms with Crippen LogP contribution in [0.15, 0.2) is 59.8 Å². The van der Waals surface area contributed by atoms with Gasteiger partial charge in [0.2, 0.25) is 5.91 Å². The van der Waals surface area contributed by atoms with Gasteiger partial charge in [-0.1, -0.05) is 0 Å². The first-order valence-electron chi connectivity index (χ1n) is 13.3. The number of fused-ring (bicyclic) bond motifs is 1. The van der Waals surface area contributed by atoms with Gasteiger partial charge in [-0.2, -0.15) is 11.8 Å². The van der Waals surface area contributed by atoms with E-state index in [2.05, 4.69) is 5.32 Å². The van der Waals surface area contributed by atoms with Crippen molar-refractivity contribution in [3.05, 3.63) is 91.2 Å². The number of nitro benzene ring substituents is 2. The molecule has 2 aromatic carbocycles. The van der Waals surface area contributed by atoms with Crippen LogP contribution in [0.5, 0.6) is 0 Å². The van der Waals surface area contributed by atoms with Crippen LogP contribution in [0.3, 0.4) is 0 Å². The van der Waals surface area contributed by atoms with Gasteiger partial charge in [0.25, 0.3) is 11.4 Å². The fourth-order valence-corrected chi connectivity index (χ4v) is 5.85. The Morgan fingerprint density at radius 1 is 1.00 bits per heavy atom. The number of aliphatic hydroxyl groups is 1. The van der Waals surface area contributed by atoms with Gasteiger partial charge in [0.1, 0.15) is 18.9 Å². The third-order valence-electron chi connectivity index (χ3n) is 7.03. The molecule has 1 saturated heterocycles. The highest BCUT2D eigenvalue weighted by Crippen LogP contribution is 2.47. The van der Waals surface area contributed by atoms with Gasteiger partial charge in [-0.3, -0.25) is 25.0 Å². The maximum absolute atomic E-state index is 13.2. The molecule has 15 heteroatoms. The largest absolute Gasteiger partial charge is 0.456 e. The third-order valence-corrected chi connectivity index (χ3v) is 8.08. The van der Waals surface area contributed by atoms with Crippen molar-refractivity contribution < 1.29 is 38.8 Å². The van der Waals surface area contributed by atoms with E-state index in [1.165, 1.54) is 65.2 Å². The number of amides is 2. The molecular formula is C28H30N4O10S. The predicted molar refractivity (Wildman–Crippen MR) is 154 cm³/mol. The molecule has 228 valence electrons. The average molecular weight is 615 g/mol. The van der Waals surface area contributed by atoms with Crippen LogP contribution >= 0.6 is 11.8 Å². The second kappa shape index (κ2) is 13.2. The number of nitro groups is 2. The zero-order valence-corrected chi connectivity index (χ0v) is 24.2. The molecule has 2 heterocycles. The zero-order valence-electron chi connectivity index (χ0n) is 23.4. The minimum atomic E-state index is -1.27. The average Bonchev–Trinajstić information content (AvgIpc) is 3.27. The van der Waals surface area contributed by atoms with E-state index in [4.69, 9.17) is 9.47 Å². The summed E-state index contributed by atoms with van der Waals surface area (Å²) < 4.78 is 10.6. The molecule has 43 heavy (non-hydrogen) atoms. The van der Waals surface area contributed by atoms with Crippen molar-refractivity contribution in [1.29, 1.82) is 0 Å². The number of carbonyl (C=O) groups excluding carboxylic acids is 3. The van der Waals surface area contributed by atoms with Crippen LogP contribution < -0.4 is 5.32 Å². The fraction of sp³-hybridized carbons (Fsp3) is 0.393. The Kier molecular flexibility index (Phi) is 9.66. The lowest BCUT2D eigenvalue weighted by atomic mass is 9.76. The summed E-state index contributed by atoms with van der Waals surface area (Å²) >= 11 is 1.43. The van der Waals surface area contributed by atoms with Gasteiger partial charge >= 0.3 is 12.1 Å². The molecule has 2 aromatic rings. The van der Waals surface area contributed by atoms with E-state index in [0.717, 1.165) is 0 Å². The van der Waals surface area contributed by atoms with Crippen LogP contribution in [0.4, 0.5) is 16.2 Å². The molecule has 0 aliphatic carbocycles. The van der Waals surface area contributed by atoms with E-state index in [1.807, 2.05) is 0 Å². The van der Waals surface area contributed by atoms with E-state index in [1.54, 1.807) is 13.8 Å². The molecule has 2 amide bonds. The van der Waals surface area contributed by atoms with E-state index in [0.29, 0.717) is 34.6 Å². The number of rotatable bonds is 13. The number of β-lactam (4-membered cyclic amide) rings is 1. The van der Waals surface area contributed by atoms with Crippen molar-refractivity contribution in [2.45, 2.75) is 45.1 Å².